The Morgan fingerprint density at radius 1 is 1.15 bits per heavy atom. The van der Waals surface area contributed by atoms with Gasteiger partial charge < -0.3 is 24.7 Å². The van der Waals surface area contributed by atoms with E-state index < -0.39 is 5.91 Å². The minimum Gasteiger partial charge on any atom is -0.459 e. The van der Waals surface area contributed by atoms with Crippen molar-refractivity contribution in [3.63, 3.8) is 0 Å². The molecule has 0 radical (unpaired) electrons. The van der Waals surface area contributed by atoms with Crippen molar-refractivity contribution >= 4 is 29.1 Å². The van der Waals surface area contributed by atoms with Gasteiger partial charge in [0.15, 0.2) is 5.76 Å². The Hall–Kier alpha value is -2.35. The first-order valence-electron chi connectivity index (χ1n) is 8.47. The van der Waals surface area contributed by atoms with Crippen molar-refractivity contribution in [3.8, 4) is 0 Å². The van der Waals surface area contributed by atoms with E-state index in [0.29, 0.717) is 22.8 Å². The highest BCUT2D eigenvalue weighted by molar-refractivity contribution is 6.31. The van der Waals surface area contributed by atoms with Crippen LogP contribution in [0.15, 0.2) is 41.0 Å². The molecule has 1 aromatic carbocycles. The predicted molar refractivity (Wildman–Crippen MR) is 96.8 cm³/mol. The molecule has 1 aliphatic rings. The molecule has 7 nitrogen and oxygen atoms in total. The molecule has 2 amide bonds. The average Bonchev–Trinajstić information content (AvgIpc) is 3.19. The summed E-state index contributed by atoms with van der Waals surface area (Å²) in [5, 5.41) is 6.00. The number of morpholine rings is 1. The number of rotatable bonds is 6. The summed E-state index contributed by atoms with van der Waals surface area (Å²) in [4.78, 5) is 26.1. The molecule has 2 heterocycles. The molecule has 1 aliphatic heterocycles. The number of anilines is 1. The van der Waals surface area contributed by atoms with E-state index in [0.717, 1.165) is 32.8 Å². The molecule has 1 saturated heterocycles. The highest BCUT2D eigenvalue weighted by Gasteiger charge is 2.18. The minimum atomic E-state index is -0.427. The van der Waals surface area contributed by atoms with E-state index in [9.17, 15) is 9.59 Å². The van der Waals surface area contributed by atoms with Crippen LogP contribution in [0.1, 0.15) is 20.9 Å². The number of hydrogen-bond donors (Lipinski definition) is 3. The molecule has 0 spiro atoms. The van der Waals surface area contributed by atoms with Crippen LogP contribution in [0.3, 0.4) is 0 Å². The largest absolute Gasteiger partial charge is 0.459 e. The van der Waals surface area contributed by atoms with Gasteiger partial charge in [-0.3, -0.25) is 9.59 Å². The van der Waals surface area contributed by atoms with Gasteiger partial charge >= 0.3 is 0 Å². The SMILES string of the molecule is O=C(Nc1ccc(Cl)cc1C(=O)NCC[NH+]1CCOCC1)c1ccco1. The second kappa shape index (κ2) is 8.84. The van der Waals surface area contributed by atoms with Crippen molar-refractivity contribution in [1.29, 1.82) is 0 Å². The molecule has 138 valence electrons. The Morgan fingerprint density at radius 2 is 1.96 bits per heavy atom. The van der Waals surface area contributed by atoms with Crippen molar-refractivity contribution < 1.29 is 23.6 Å². The van der Waals surface area contributed by atoms with Gasteiger partial charge in [-0.05, 0) is 30.3 Å². The zero-order chi connectivity index (χ0) is 18.4. The summed E-state index contributed by atoms with van der Waals surface area (Å²) in [6, 6.07) is 7.93. The van der Waals surface area contributed by atoms with Crippen molar-refractivity contribution in [3.05, 3.63) is 52.9 Å². The third kappa shape index (κ3) is 4.85. The summed E-state index contributed by atoms with van der Waals surface area (Å²) < 4.78 is 10.4. The number of ether oxygens (including phenoxy) is 1. The van der Waals surface area contributed by atoms with E-state index in [-0.39, 0.29) is 11.7 Å². The van der Waals surface area contributed by atoms with Crippen LogP contribution < -0.4 is 15.5 Å². The second-order valence-corrected chi connectivity index (χ2v) is 6.43. The fourth-order valence-corrected chi connectivity index (χ4v) is 2.94. The van der Waals surface area contributed by atoms with E-state index in [4.69, 9.17) is 20.8 Å². The van der Waals surface area contributed by atoms with Gasteiger partial charge in [0.1, 0.15) is 13.1 Å². The minimum absolute atomic E-state index is 0.169. The van der Waals surface area contributed by atoms with Crippen LogP contribution in [0.25, 0.3) is 0 Å². The van der Waals surface area contributed by atoms with Crippen LogP contribution in [0.4, 0.5) is 5.69 Å². The molecule has 1 fully saturated rings. The topological polar surface area (TPSA) is 85.0 Å². The number of quaternary nitrogens is 1. The lowest BCUT2D eigenvalue weighted by Crippen LogP contribution is -3.14. The lowest BCUT2D eigenvalue weighted by atomic mass is 10.1. The van der Waals surface area contributed by atoms with Gasteiger partial charge in [0.25, 0.3) is 11.8 Å². The normalized spacial score (nSPS) is 14.8. The number of benzene rings is 1. The van der Waals surface area contributed by atoms with E-state index >= 15 is 0 Å². The summed E-state index contributed by atoms with van der Waals surface area (Å²) in [5.74, 6) is -0.540. The van der Waals surface area contributed by atoms with Gasteiger partial charge in [-0.1, -0.05) is 11.6 Å². The van der Waals surface area contributed by atoms with Crippen molar-refractivity contribution in [2.75, 3.05) is 44.7 Å². The highest BCUT2D eigenvalue weighted by atomic mass is 35.5. The number of carbonyl (C=O) groups excluding carboxylic acids is 2. The first-order valence-corrected chi connectivity index (χ1v) is 8.85. The maximum absolute atomic E-state index is 12.5. The molecule has 0 unspecified atom stereocenters. The Balaban J connectivity index is 1.62. The lowest BCUT2D eigenvalue weighted by Gasteiger charge is -2.23. The maximum atomic E-state index is 12.5. The summed E-state index contributed by atoms with van der Waals surface area (Å²) in [7, 11) is 0. The number of halogens is 1. The van der Waals surface area contributed by atoms with Crippen molar-refractivity contribution in [2.24, 2.45) is 0 Å². The van der Waals surface area contributed by atoms with E-state index in [1.807, 2.05) is 0 Å². The average molecular weight is 379 g/mol. The van der Waals surface area contributed by atoms with Gasteiger partial charge in [0.2, 0.25) is 0 Å². The number of hydrogen-bond acceptors (Lipinski definition) is 4. The fourth-order valence-electron chi connectivity index (χ4n) is 2.76. The van der Waals surface area contributed by atoms with E-state index in [1.165, 1.54) is 17.2 Å². The molecule has 2 aromatic rings. The van der Waals surface area contributed by atoms with E-state index in [1.54, 1.807) is 24.3 Å². The quantitative estimate of drug-likeness (QED) is 0.695. The van der Waals surface area contributed by atoms with Gasteiger partial charge in [0, 0.05) is 5.02 Å². The van der Waals surface area contributed by atoms with Crippen LogP contribution in [-0.2, 0) is 4.74 Å². The van der Waals surface area contributed by atoms with Crippen LogP contribution in [0.2, 0.25) is 5.02 Å². The predicted octanol–water partition coefficient (Wildman–Crippen LogP) is 0.830. The number of carbonyl (C=O) groups is 2. The maximum Gasteiger partial charge on any atom is 0.291 e. The van der Waals surface area contributed by atoms with Gasteiger partial charge in [0.05, 0.1) is 43.8 Å². The molecular weight excluding hydrogens is 358 g/mol. The summed E-state index contributed by atoms with van der Waals surface area (Å²) in [6.07, 6.45) is 1.42. The van der Waals surface area contributed by atoms with Gasteiger partial charge in [-0.15, -0.1) is 0 Å². The Kier molecular flexibility index (Phi) is 6.27. The summed E-state index contributed by atoms with van der Waals surface area (Å²) in [6.45, 7) is 4.74. The smallest absolute Gasteiger partial charge is 0.291 e. The zero-order valence-electron chi connectivity index (χ0n) is 14.2. The van der Waals surface area contributed by atoms with Crippen LogP contribution in [0.5, 0.6) is 0 Å². The fraction of sp³-hybridized carbons (Fsp3) is 0.333. The zero-order valence-corrected chi connectivity index (χ0v) is 15.0. The van der Waals surface area contributed by atoms with Gasteiger partial charge in [-0.25, -0.2) is 0 Å². The molecule has 8 heteroatoms. The van der Waals surface area contributed by atoms with Crippen LogP contribution in [0, 0.1) is 0 Å². The van der Waals surface area contributed by atoms with Crippen molar-refractivity contribution in [1.82, 2.24) is 5.32 Å². The summed E-state index contributed by atoms with van der Waals surface area (Å²) >= 11 is 6.02. The summed E-state index contributed by atoms with van der Waals surface area (Å²) in [5.41, 5.74) is 0.696. The van der Waals surface area contributed by atoms with Crippen LogP contribution >= 0.6 is 11.6 Å². The number of furan rings is 1. The van der Waals surface area contributed by atoms with Crippen molar-refractivity contribution in [2.45, 2.75) is 0 Å². The molecule has 0 aliphatic carbocycles. The number of nitrogens with one attached hydrogen (secondary N) is 3. The molecule has 0 saturated carbocycles. The first-order chi connectivity index (χ1) is 12.6. The first kappa shape index (κ1) is 18.4. The lowest BCUT2D eigenvalue weighted by molar-refractivity contribution is -0.906. The monoisotopic (exact) mass is 378 g/mol. The molecule has 1 aromatic heterocycles. The standard InChI is InChI=1S/C18H20ClN3O4/c19-13-3-4-15(21-18(24)16-2-1-9-26-16)14(12-13)17(23)20-5-6-22-7-10-25-11-8-22/h1-4,9,12H,5-8,10-11H2,(H,20,23)(H,21,24)/p+1. The molecule has 3 N–H and O–H groups in total. The number of amides is 2. The molecule has 0 bridgehead atoms. The second-order valence-electron chi connectivity index (χ2n) is 5.99. The molecule has 0 atom stereocenters. The van der Waals surface area contributed by atoms with E-state index in [2.05, 4.69) is 10.6 Å². The Labute approximate surface area is 156 Å². The van der Waals surface area contributed by atoms with Crippen LogP contribution in [-0.4, -0.2) is 51.2 Å². The Morgan fingerprint density at radius 3 is 2.69 bits per heavy atom. The molecular formula is C18H21ClN3O4+. The van der Waals surface area contributed by atoms with Gasteiger partial charge in [-0.2, -0.15) is 0 Å². The third-order valence-electron chi connectivity index (χ3n) is 4.18. The third-order valence-corrected chi connectivity index (χ3v) is 4.42. The highest BCUT2D eigenvalue weighted by Crippen LogP contribution is 2.21. The Bertz CT molecular complexity index is 758. The molecule has 26 heavy (non-hydrogen) atoms. The molecule has 3 rings (SSSR count).